The van der Waals surface area contributed by atoms with E-state index in [1.165, 1.54) is 5.56 Å². The zero-order chi connectivity index (χ0) is 13.1. The molecule has 0 fully saturated rings. The highest BCUT2D eigenvalue weighted by Gasteiger charge is 2.09. The number of aliphatic hydroxyl groups is 1. The Morgan fingerprint density at radius 1 is 1.22 bits per heavy atom. The predicted molar refractivity (Wildman–Crippen MR) is 72.2 cm³/mol. The monoisotopic (exact) mass is 242 g/mol. The van der Waals surface area contributed by atoms with E-state index in [-0.39, 0.29) is 0 Å². The third kappa shape index (κ3) is 2.57. The minimum Gasteiger partial charge on any atom is -0.389 e. The number of aryl methyl sites for hydroxylation is 2. The molecular formula is C15H18N2O. The maximum atomic E-state index is 9.55. The zero-order valence-corrected chi connectivity index (χ0v) is 11.0. The Kier molecular flexibility index (Phi) is 3.72. The Bertz CT molecular complexity index is 533. The lowest BCUT2D eigenvalue weighted by atomic mass is 10.1. The van der Waals surface area contributed by atoms with Crippen LogP contribution in [0.5, 0.6) is 0 Å². The highest BCUT2D eigenvalue weighted by atomic mass is 16.3. The van der Waals surface area contributed by atoms with Crippen molar-refractivity contribution in [2.45, 2.75) is 33.3 Å². The van der Waals surface area contributed by atoms with Crippen LogP contribution in [0.2, 0.25) is 0 Å². The fourth-order valence-corrected chi connectivity index (χ4v) is 1.92. The lowest BCUT2D eigenvalue weighted by Gasteiger charge is -2.09. The second-order valence-electron chi connectivity index (χ2n) is 4.46. The molecule has 1 N–H and O–H groups in total. The van der Waals surface area contributed by atoms with Crippen LogP contribution in [0, 0.1) is 6.92 Å². The fraction of sp³-hybridized carbons (Fsp3) is 0.333. The highest BCUT2D eigenvalue weighted by molar-refractivity contribution is 5.55. The van der Waals surface area contributed by atoms with Gasteiger partial charge >= 0.3 is 0 Å². The van der Waals surface area contributed by atoms with Crippen molar-refractivity contribution in [3.8, 4) is 11.4 Å². The number of nitrogens with zero attached hydrogens (tertiary/aromatic N) is 2. The molecule has 3 heteroatoms. The van der Waals surface area contributed by atoms with Crippen molar-refractivity contribution in [3.63, 3.8) is 0 Å². The molecule has 18 heavy (non-hydrogen) atoms. The molecule has 0 saturated heterocycles. The van der Waals surface area contributed by atoms with E-state index in [0.29, 0.717) is 5.82 Å². The summed E-state index contributed by atoms with van der Waals surface area (Å²) < 4.78 is 0. The van der Waals surface area contributed by atoms with E-state index < -0.39 is 6.10 Å². The first-order chi connectivity index (χ1) is 8.61. The van der Waals surface area contributed by atoms with Crippen molar-refractivity contribution in [1.29, 1.82) is 0 Å². The number of aromatic nitrogens is 2. The molecule has 0 saturated carbocycles. The second-order valence-corrected chi connectivity index (χ2v) is 4.46. The minimum absolute atomic E-state index is 0.526. The van der Waals surface area contributed by atoms with Crippen molar-refractivity contribution in [2.75, 3.05) is 0 Å². The van der Waals surface area contributed by atoms with Gasteiger partial charge in [-0.25, -0.2) is 9.97 Å². The van der Waals surface area contributed by atoms with Crippen LogP contribution in [0.15, 0.2) is 30.5 Å². The Morgan fingerprint density at radius 2 is 1.89 bits per heavy atom. The molecular weight excluding hydrogens is 224 g/mol. The summed E-state index contributed by atoms with van der Waals surface area (Å²) >= 11 is 0. The van der Waals surface area contributed by atoms with E-state index in [1.54, 1.807) is 13.1 Å². The van der Waals surface area contributed by atoms with Gasteiger partial charge in [0.05, 0.1) is 6.10 Å². The number of hydrogen-bond acceptors (Lipinski definition) is 3. The third-order valence-electron chi connectivity index (χ3n) is 3.09. The van der Waals surface area contributed by atoms with Crippen molar-refractivity contribution in [3.05, 3.63) is 47.3 Å². The van der Waals surface area contributed by atoms with Crippen LogP contribution < -0.4 is 0 Å². The maximum absolute atomic E-state index is 9.55. The van der Waals surface area contributed by atoms with E-state index in [0.717, 1.165) is 23.2 Å². The average molecular weight is 242 g/mol. The second kappa shape index (κ2) is 5.27. The molecule has 0 aliphatic heterocycles. The minimum atomic E-state index is -0.526. The molecule has 0 aliphatic carbocycles. The largest absolute Gasteiger partial charge is 0.389 e. The molecule has 1 aromatic carbocycles. The molecule has 2 rings (SSSR count). The predicted octanol–water partition coefficient (Wildman–Crippen LogP) is 3.07. The molecule has 1 aromatic heterocycles. The molecule has 1 atom stereocenters. The van der Waals surface area contributed by atoms with Crippen LogP contribution in [-0.2, 0) is 6.42 Å². The van der Waals surface area contributed by atoms with E-state index in [9.17, 15) is 5.11 Å². The van der Waals surface area contributed by atoms with Gasteiger partial charge in [0.2, 0.25) is 0 Å². The normalized spacial score (nSPS) is 12.4. The Morgan fingerprint density at radius 3 is 2.39 bits per heavy atom. The molecule has 0 spiro atoms. The van der Waals surface area contributed by atoms with Crippen molar-refractivity contribution in [1.82, 2.24) is 9.97 Å². The summed E-state index contributed by atoms with van der Waals surface area (Å²) in [4.78, 5) is 8.76. The summed E-state index contributed by atoms with van der Waals surface area (Å²) in [5.74, 6) is 0.708. The summed E-state index contributed by atoms with van der Waals surface area (Å²) in [6.45, 7) is 5.75. The lowest BCUT2D eigenvalue weighted by Crippen LogP contribution is -2.01. The fourth-order valence-electron chi connectivity index (χ4n) is 1.92. The molecule has 2 aromatic rings. The van der Waals surface area contributed by atoms with E-state index in [1.807, 2.05) is 19.1 Å². The van der Waals surface area contributed by atoms with Gasteiger partial charge < -0.3 is 5.11 Å². The molecule has 3 nitrogen and oxygen atoms in total. The molecule has 0 radical (unpaired) electrons. The SMILES string of the molecule is CCc1ccc(-c2ncc([C@@H](C)O)c(C)n2)cc1. The molecule has 0 unspecified atom stereocenters. The van der Waals surface area contributed by atoms with Crippen LogP contribution in [0.1, 0.15) is 36.8 Å². The van der Waals surface area contributed by atoms with Crippen LogP contribution in [0.4, 0.5) is 0 Å². The number of benzene rings is 1. The molecule has 94 valence electrons. The van der Waals surface area contributed by atoms with E-state index in [2.05, 4.69) is 29.0 Å². The van der Waals surface area contributed by atoms with Crippen LogP contribution in [0.3, 0.4) is 0 Å². The Hall–Kier alpha value is -1.74. The van der Waals surface area contributed by atoms with E-state index >= 15 is 0 Å². The quantitative estimate of drug-likeness (QED) is 0.899. The lowest BCUT2D eigenvalue weighted by molar-refractivity contribution is 0.197. The van der Waals surface area contributed by atoms with Crippen molar-refractivity contribution >= 4 is 0 Å². The molecule has 1 heterocycles. The van der Waals surface area contributed by atoms with Gasteiger partial charge in [-0.05, 0) is 25.8 Å². The van der Waals surface area contributed by atoms with Gasteiger partial charge in [0.25, 0.3) is 0 Å². The highest BCUT2D eigenvalue weighted by Crippen LogP contribution is 2.20. The van der Waals surface area contributed by atoms with Crippen molar-refractivity contribution in [2.24, 2.45) is 0 Å². The molecule has 0 amide bonds. The van der Waals surface area contributed by atoms with Gasteiger partial charge in [-0.3, -0.25) is 0 Å². The number of rotatable bonds is 3. The summed E-state index contributed by atoms with van der Waals surface area (Å²) in [7, 11) is 0. The van der Waals surface area contributed by atoms with Gasteiger partial charge in [0.15, 0.2) is 5.82 Å². The summed E-state index contributed by atoms with van der Waals surface area (Å²) in [5.41, 5.74) is 3.92. The summed E-state index contributed by atoms with van der Waals surface area (Å²) in [6.07, 6.45) is 2.21. The topological polar surface area (TPSA) is 46.0 Å². The number of aliphatic hydroxyl groups excluding tert-OH is 1. The Balaban J connectivity index is 2.36. The maximum Gasteiger partial charge on any atom is 0.159 e. The van der Waals surface area contributed by atoms with Gasteiger partial charge in [-0.1, -0.05) is 31.2 Å². The van der Waals surface area contributed by atoms with Gasteiger partial charge in [-0.15, -0.1) is 0 Å². The third-order valence-corrected chi connectivity index (χ3v) is 3.09. The zero-order valence-electron chi connectivity index (χ0n) is 11.0. The number of hydrogen-bond donors (Lipinski definition) is 1. The summed E-state index contributed by atoms with van der Waals surface area (Å²) in [5, 5.41) is 9.55. The standard InChI is InChI=1S/C15H18N2O/c1-4-12-5-7-13(8-6-12)15-16-9-14(11(3)18)10(2)17-15/h5-9,11,18H,4H2,1-3H3/t11-/m1/s1. The first-order valence-corrected chi connectivity index (χ1v) is 6.22. The Labute approximate surface area is 108 Å². The van der Waals surface area contributed by atoms with Gasteiger partial charge in [-0.2, -0.15) is 0 Å². The van der Waals surface area contributed by atoms with Crippen molar-refractivity contribution < 1.29 is 5.11 Å². The first-order valence-electron chi connectivity index (χ1n) is 6.22. The smallest absolute Gasteiger partial charge is 0.159 e. The van der Waals surface area contributed by atoms with Crippen LogP contribution in [0.25, 0.3) is 11.4 Å². The molecule has 0 bridgehead atoms. The van der Waals surface area contributed by atoms with Gasteiger partial charge in [0, 0.05) is 23.0 Å². The van der Waals surface area contributed by atoms with E-state index in [4.69, 9.17) is 0 Å². The summed E-state index contributed by atoms with van der Waals surface area (Å²) in [6, 6.07) is 8.26. The van der Waals surface area contributed by atoms with Gasteiger partial charge in [0.1, 0.15) is 0 Å². The van der Waals surface area contributed by atoms with Crippen LogP contribution >= 0.6 is 0 Å². The van der Waals surface area contributed by atoms with Crippen LogP contribution in [-0.4, -0.2) is 15.1 Å². The first kappa shape index (κ1) is 12.7. The average Bonchev–Trinajstić information content (AvgIpc) is 2.38. The molecule has 0 aliphatic rings.